The fourth-order valence-corrected chi connectivity index (χ4v) is 4.47. The summed E-state index contributed by atoms with van der Waals surface area (Å²) in [6.07, 6.45) is 8.29. The van der Waals surface area contributed by atoms with Crippen molar-refractivity contribution in [3.05, 3.63) is 16.1 Å². The Balaban J connectivity index is 1.95. The van der Waals surface area contributed by atoms with E-state index in [2.05, 4.69) is 36.5 Å². The number of hydrogen-bond donors (Lipinski definition) is 1. The first kappa shape index (κ1) is 15.3. The molecule has 1 heterocycles. The molecule has 2 rings (SSSR count). The number of aromatic nitrogens is 1. The molecule has 2 nitrogen and oxygen atoms in total. The SMILES string of the molecule is Cc1ncsc1CN(C)CC1(CS)CCCCCC1. The third-order valence-electron chi connectivity index (χ3n) is 4.36. The van der Waals surface area contributed by atoms with E-state index in [1.54, 1.807) is 11.3 Å². The predicted octanol–water partition coefficient (Wildman–Crippen LogP) is 4.15. The Kier molecular flexibility index (Phi) is 5.72. The first-order chi connectivity index (χ1) is 9.15. The van der Waals surface area contributed by atoms with E-state index in [1.807, 2.05) is 5.51 Å². The van der Waals surface area contributed by atoms with Crippen molar-refractivity contribution in [1.82, 2.24) is 9.88 Å². The maximum atomic E-state index is 4.67. The molecule has 1 aliphatic rings. The van der Waals surface area contributed by atoms with Gasteiger partial charge >= 0.3 is 0 Å². The van der Waals surface area contributed by atoms with Crippen molar-refractivity contribution in [3.63, 3.8) is 0 Å². The maximum absolute atomic E-state index is 4.67. The van der Waals surface area contributed by atoms with Gasteiger partial charge in [0.25, 0.3) is 0 Å². The van der Waals surface area contributed by atoms with Gasteiger partial charge in [0.05, 0.1) is 11.2 Å². The van der Waals surface area contributed by atoms with Crippen molar-refractivity contribution in [2.75, 3.05) is 19.3 Å². The molecule has 108 valence electrons. The van der Waals surface area contributed by atoms with Crippen LogP contribution in [0.2, 0.25) is 0 Å². The molecular formula is C15H26N2S2. The van der Waals surface area contributed by atoms with Crippen LogP contribution in [0.25, 0.3) is 0 Å². The van der Waals surface area contributed by atoms with Crippen LogP contribution in [0.15, 0.2) is 5.51 Å². The van der Waals surface area contributed by atoms with Crippen LogP contribution in [-0.4, -0.2) is 29.2 Å². The molecule has 0 N–H and O–H groups in total. The number of rotatable bonds is 5. The summed E-state index contributed by atoms with van der Waals surface area (Å²) in [4.78, 5) is 8.23. The highest BCUT2D eigenvalue weighted by atomic mass is 32.1. The van der Waals surface area contributed by atoms with Crippen LogP contribution in [0.5, 0.6) is 0 Å². The van der Waals surface area contributed by atoms with Gasteiger partial charge in [-0.3, -0.25) is 0 Å². The smallest absolute Gasteiger partial charge is 0.0798 e. The minimum Gasteiger partial charge on any atom is -0.301 e. The average Bonchev–Trinajstić information content (AvgIpc) is 2.66. The number of thiazole rings is 1. The van der Waals surface area contributed by atoms with Gasteiger partial charge in [0.2, 0.25) is 0 Å². The molecule has 1 aromatic heterocycles. The van der Waals surface area contributed by atoms with Crippen molar-refractivity contribution in [2.45, 2.75) is 52.0 Å². The highest BCUT2D eigenvalue weighted by molar-refractivity contribution is 7.80. The molecule has 0 saturated heterocycles. The predicted molar refractivity (Wildman–Crippen MR) is 87.2 cm³/mol. The van der Waals surface area contributed by atoms with E-state index in [1.165, 1.54) is 55.6 Å². The molecule has 1 fully saturated rings. The van der Waals surface area contributed by atoms with Crippen molar-refractivity contribution in [2.24, 2.45) is 5.41 Å². The number of hydrogen-bond acceptors (Lipinski definition) is 4. The molecule has 0 unspecified atom stereocenters. The van der Waals surface area contributed by atoms with Gasteiger partial charge in [-0.25, -0.2) is 4.98 Å². The monoisotopic (exact) mass is 298 g/mol. The van der Waals surface area contributed by atoms with Gasteiger partial charge in [-0.1, -0.05) is 25.7 Å². The van der Waals surface area contributed by atoms with Crippen molar-refractivity contribution in [1.29, 1.82) is 0 Å². The molecule has 0 atom stereocenters. The lowest BCUT2D eigenvalue weighted by Gasteiger charge is -2.35. The molecule has 1 saturated carbocycles. The van der Waals surface area contributed by atoms with E-state index < -0.39 is 0 Å². The van der Waals surface area contributed by atoms with Crippen molar-refractivity contribution in [3.8, 4) is 0 Å². The minimum absolute atomic E-state index is 0.437. The van der Waals surface area contributed by atoms with Gasteiger partial charge in [0, 0.05) is 18.0 Å². The van der Waals surface area contributed by atoms with Gasteiger partial charge in [-0.15, -0.1) is 11.3 Å². The second kappa shape index (κ2) is 7.09. The first-order valence-corrected chi connectivity index (χ1v) is 8.85. The zero-order chi connectivity index (χ0) is 13.7. The summed E-state index contributed by atoms with van der Waals surface area (Å²) in [7, 11) is 2.25. The summed E-state index contributed by atoms with van der Waals surface area (Å²) in [5.41, 5.74) is 3.59. The summed E-state index contributed by atoms with van der Waals surface area (Å²) in [5, 5.41) is 0. The molecule has 0 radical (unpaired) electrons. The minimum atomic E-state index is 0.437. The molecule has 0 spiro atoms. The molecule has 0 amide bonds. The molecule has 4 heteroatoms. The van der Waals surface area contributed by atoms with Crippen molar-refractivity contribution < 1.29 is 0 Å². The van der Waals surface area contributed by atoms with E-state index in [0.717, 1.165) is 12.3 Å². The second-order valence-corrected chi connectivity index (χ2v) is 7.36. The van der Waals surface area contributed by atoms with Gasteiger partial charge in [0.15, 0.2) is 0 Å². The maximum Gasteiger partial charge on any atom is 0.0798 e. The Morgan fingerprint density at radius 2 is 2.00 bits per heavy atom. The van der Waals surface area contributed by atoms with Gasteiger partial charge in [-0.2, -0.15) is 12.6 Å². The summed E-state index contributed by atoms with van der Waals surface area (Å²) < 4.78 is 0. The fraction of sp³-hybridized carbons (Fsp3) is 0.800. The topological polar surface area (TPSA) is 16.1 Å². The zero-order valence-electron chi connectivity index (χ0n) is 12.2. The Labute approximate surface area is 127 Å². The molecule has 0 aliphatic heterocycles. The molecule has 0 aromatic carbocycles. The van der Waals surface area contributed by atoms with Crippen molar-refractivity contribution >= 4 is 24.0 Å². The van der Waals surface area contributed by atoms with E-state index in [4.69, 9.17) is 0 Å². The molecule has 1 aliphatic carbocycles. The lowest BCUT2D eigenvalue weighted by Crippen LogP contribution is -2.36. The van der Waals surface area contributed by atoms with E-state index in [0.29, 0.717) is 5.41 Å². The van der Waals surface area contributed by atoms with Crippen LogP contribution in [0.1, 0.15) is 49.1 Å². The molecule has 1 aromatic rings. The van der Waals surface area contributed by atoms with Crippen LogP contribution >= 0.6 is 24.0 Å². The quantitative estimate of drug-likeness (QED) is 0.649. The standard InChI is InChI=1S/C15H26N2S2/c1-13-14(19-12-16-13)9-17(2)10-15(11-18)7-5-3-4-6-8-15/h12,18H,3-11H2,1-2H3. The lowest BCUT2D eigenvalue weighted by molar-refractivity contribution is 0.171. The van der Waals surface area contributed by atoms with Crippen LogP contribution in [0, 0.1) is 12.3 Å². The summed E-state index contributed by atoms with van der Waals surface area (Å²) in [6, 6.07) is 0. The zero-order valence-corrected chi connectivity index (χ0v) is 13.9. The van der Waals surface area contributed by atoms with E-state index in [9.17, 15) is 0 Å². The van der Waals surface area contributed by atoms with Gasteiger partial charge in [0.1, 0.15) is 0 Å². The first-order valence-electron chi connectivity index (χ1n) is 7.34. The Hall–Kier alpha value is -0.0600. The van der Waals surface area contributed by atoms with E-state index >= 15 is 0 Å². The normalized spacial score (nSPS) is 19.6. The fourth-order valence-electron chi connectivity index (χ4n) is 3.20. The lowest BCUT2D eigenvalue weighted by atomic mass is 9.82. The van der Waals surface area contributed by atoms with Gasteiger partial charge in [-0.05, 0) is 38.0 Å². The molecule has 19 heavy (non-hydrogen) atoms. The summed E-state index contributed by atoms with van der Waals surface area (Å²) >= 11 is 6.45. The van der Waals surface area contributed by atoms with Crippen LogP contribution in [0.4, 0.5) is 0 Å². The van der Waals surface area contributed by atoms with Gasteiger partial charge < -0.3 is 4.90 Å². The number of nitrogens with zero attached hydrogens (tertiary/aromatic N) is 2. The Morgan fingerprint density at radius 1 is 1.32 bits per heavy atom. The highest BCUT2D eigenvalue weighted by Gasteiger charge is 2.30. The third-order valence-corrected chi connectivity index (χ3v) is 5.95. The van der Waals surface area contributed by atoms with Crippen LogP contribution < -0.4 is 0 Å². The molecular weight excluding hydrogens is 272 g/mol. The number of thiol groups is 1. The van der Waals surface area contributed by atoms with Crippen LogP contribution in [-0.2, 0) is 6.54 Å². The Bertz CT molecular complexity index is 381. The second-order valence-electron chi connectivity index (χ2n) is 6.11. The third kappa shape index (κ3) is 4.20. The molecule has 0 bridgehead atoms. The highest BCUT2D eigenvalue weighted by Crippen LogP contribution is 2.37. The summed E-state index contributed by atoms with van der Waals surface area (Å²) in [5.74, 6) is 1.03. The average molecular weight is 299 g/mol. The van der Waals surface area contributed by atoms with Crippen LogP contribution in [0.3, 0.4) is 0 Å². The van der Waals surface area contributed by atoms with E-state index in [-0.39, 0.29) is 0 Å². The largest absolute Gasteiger partial charge is 0.301 e. The number of aryl methyl sites for hydroxylation is 1. The summed E-state index contributed by atoms with van der Waals surface area (Å²) in [6.45, 7) is 4.32. The Morgan fingerprint density at radius 3 is 2.53 bits per heavy atom.